The first-order chi connectivity index (χ1) is 10.6. The van der Waals surface area contributed by atoms with Crippen LogP contribution in [0.4, 0.5) is 5.69 Å². The summed E-state index contributed by atoms with van der Waals surface area (Å²) in [6.07, 6.45) is 0. The summed E-state index contributed by atoms with van der Waals surface area (Å²) in [5.74, 6) is 0.883. The van der Waals surface area contributed by atoms with E-state index in [-0.39, 0.29) is 12.5 Å². The number of hydrogen-bond acceptors (Lipinski definition) is 6. The maximum atomic E-state index is 12.5. The van der Waals surface area contributed by atoms with E-state index in [0.29, 0.717) is 30.3 Å². The predicted octanol–water partition coefficient (Wildman–Crippen LogP) is 0.657. The minimum absolute atomic E-state index is 0.148. The molecule has 7 nitrogen and oxygen atoms in total. The first-order valence-electron chi connectivity index (χ1n) is 6.85. The Balaban J connectivity index is 3.07. The number of rotatable bonds is 9. The molecule has 124 valence electrons. The van der Waals surface area contributed by atoms with Crippen LogP contribution in [0.15, 0.2) is 18.2 Å². The lowest BCUT2D eigenvalue weighted by atomic mass is 10.2. The van der Waals surface area contributed by atoms with Gasteiger partial charge >= 0.3 is 0 Å². The molecule has 7 heteroatoms. The molecule has 0 saturated heterocycles. The molecule has 2 N–H and O–H groups in total. The maximum absolute atomic E-state index is 12.5. The van der Waals surface area contributed by atoms with E-state index in [2.05, 4.69) is 0 Å². The summed E-state index contributed by atoms with van der Waals surface area (Å²) in [6, 6.07) is 4.50. The Hall–Kier alpha value is -1.83. The van der Waals surface area contributed by atoms with E-state index in [1.54, 1.807) is 44.4 Å². The van der Waals surface area contributed by atoms with Gasteiger partial charge < -0.3 is 29.6 Å². The molecular formula is C15H24N2O5. The van der Waals surface area contributed by atoms with Gasteiger partial charge in [-0.3, -0.25) is 4.79 Å². The SMILES string of the molecule is COCCN(C(=O)C(N)COC)c1ccc(OC)c(OC)c1. The second-order valence-corrected chi connectivity index (χ2v) is 4.58. The van der Waals surface area contributed by atoms with Crippen molar-refractivity contribution in [3.63, 3.8) is 0 Å². The van der Waals surface area contributed by atoms with E-state index >= 15 is 0 Å². The highest BCUT2D eigenvalue weighted by atomic mass is 16.5. The van der Waals surface area contributed by atoms with Crippen molar-refractivity contribution < 1.29 is 23.7 Å². The molecule has 0 bridgehead atoms. The van der Waals surface area contributed by atoms with E-state index in [0.717, 1.165) is 0 Å². The van der Waals surface area contributed by atoms with Gasteiger partial charge in [0.15, 0.2) is 11.5 Å². The molecular weight excluding hydrogens is 288 g/mol. The first-order valence-corrected chi connectivity index (χ1v) is 6.85. The minimum Gasteiger partial charge on any atom is -0.493 e. The smallest absolute Gasteiger partial charge is 0.246 e. The van der Waals surface area contributed by atoms with E-state index in [1.165, 1.54) is 7.11 Å². The van der Waals surface area contributed by atoms with Crippen LogP contribution >= 0.6 is 0 Å². The minimum atomic E-state index is -0.741. The number of nitrogens with two attached hydrogens (primary N) is 1. The first kappa shape index (κ1) is 18.2. The van der Waals surface area contributed by atoms with Gasteiger partial charge in [-0.25, -0.2) is 0 Å². The Labute approximate surface area is 130 Å². The molecule has 0 fully saturated rings. The van der Waals surface area contributed by atoms with Crippen LogP contribution in [0.2, 0.25) is 0 Å². The average molecular weight is 312 g/mol. The third-order valence-electron chi connectivity index (χ3n) is 3.13. The van der Waals surface area contributed by atoms with E-state index in [9.17, 15) is 4.79 Å². The topological polar surface area (TPSA) is 83.3 Å². The van der Waals surface area contributed by atoms with Gasteiger partial charge in [-0.05, 0) is 12.1 Å². The Bertz CT molecular complexity index is 481. The molecule has 1 amide bonds. The number of ether oxygens (including phenoxy) is 4. The lowest BCUT2D eigenvalue weighted by molar-refractivity contribution is -0.121. The quantitative estimate of drug-likeness (QED) is 0.721. The van der Waals surface area contributed by atoms with Crippen LogP contribution in [0.1, 0.15) is 0 Å². The number of carbonyl (C=O) groups excluding carboxylic acids is 1. The summed E-state index contributed by atoms with van der Waals surface area (Å²) in [5, 5.41) is 0. The molecule has 1 unspecified atom stereocenters. The van der Waals surface area contributed by atoms with Gasteiger partial charge in [0.2, 0.25) is 5.91 Å². The van der Waals surface area contributed by atoms with Gasteiger partial charge in [0.25, 0.3) is 0 Å². The predicted molar refractivity (Wildman–Crippen MR) is 83.6 cm³/mol. The summed E-state index contributed by atoms with van der Waals surface area (Å²) in [4.78, 5) is 14.0. The number of benzene rings is 1. The summed E-state index contributed by atoms with van der Waals surface area (Å²) >= 11 is 0. The number of methoxy groups -OCH3 is 4. The highest BCUT2D eigenvalue weighted by Crippen LogP contribution is 2.31. The lowest BCUT2D eigenvalue weighted by Crippen LogP contribution is -2.47. The van der Waals surface area contributed by atoms with Crippen molar-refractivity contribution in [2.24, 2.45) is 5.73 Å². The van der Waals surface area contributed by atoms with Crippen molar-refractivity contribution in [3.8, 4) is 11.5 Å². The summed E-state index contributed by atoms with van der Waals surface area (Å²) in [7, 11) is 6.18. The third kappa shape index (κ3) is 4.59. The Kier molecular flexibility index (Phi) is 7.65. The van der Waals surface area contributed by atoms with Gasteiger partial charge in [-0.2, -0.15) is 0 Å². The molecule has 1 aromatic carbocycles. The van der Waals surface area contributed by atoms with Crippen LogP contribution in [-0.2, 0) is 14.3 Å². The summed E-state index contributed by atoms with van der Waals surface area (Å²) in [5.41, 5.74) is 6.51. The Morgan fingerprint density at radius 1 is 1.14 bits per heavy atom. The fourth-order valence-corrected chi connectivity index (χ4v) is 1.99. The molecule has 0 aliphatic heterocycles. The molecule has 0 aromatic heterocycles. The zero-order valence-corrected chi connectivity index (χ0v) is 13.5. The number of amides is 1. The fourth-order valence-electron chi connectivity index (χ4n) is 1.99. The van der Waals surface area contributed by atoms with E-state index in [1.807, 2.05) is 0 Å². The van der Waals surface area contributed by atoms with Crippen LogP contribution in [0, 0.1) is 0 Å². The van der Waals surface area contributed by atoms with Crippen LogP contribution in [0.3, 0.4) is 0 Å². The number of anilines is 1. The van der Waals surface area contributed by atoms with E-state index in [4.69, 9.17) is 24.7 Å². The Morgan fingerprint density at radius 2 is 1.82 bits per heavy atom. The highest BCUT2D eigenvalue weighted by Gasteiger charge is 2.23. The zero-order valence-electron chi connectivity index (χ0n) is 13.5. The van der Waals surface area contributed by atoms with Gasteiger partial charge in [0, 0.05) is 32.5 Å². The van der Waals surface area contributed by atoms with Crippen molar-refractivity contribution >= 4 is 11.6 Å². The van der Waals surface area contributed by atoms with Crippen molar-refractivity contribution in [1.29, 1.82) is 0 Å². The molecule has 1 atom stereocenters. The molecule has 0 heterocycles. The third-order valence-corrected chi connectivity index (χ3v) is 3.13. The standard InChI is InChI=1S/C15H24N2O5/c1-19-8-7-17(15(18)12(16)10-20-2)11-5-6-13(21-3)14(9-11)22-4/h5-6,9,12H,7-8,10,16H2,1-4H3. The van der Waals surface area contributed by atoms with Crippen LogP contribution in [0.25, 0.3) is 0 Å². The monoisotopic (exact) mass is 312 g/mol. The van der Waals surface area contributed by atoms with Crippen molar-refractivity contribution in [2.45, 2.75) is 6.04 Å². The molecule has 22 heavy (non-hydrogen) atoms. The molecule has 1 rings (SSSR count). The van der Waals surface area contributed by atoms with Gasteiger partial charge in [-0.15, -0.1) is 0 Å². The molecule has 0 radical (unpaired) electrons. The summed E-state index contributed by atoms with van der Waals surface area (Å²) < 4.78 is 20.5. The van der Waals surface area contributed by atoms with Crippen molar-refractivity contribution in [3.05, 3.63) is 18.2 Å². The van der Waals surface area contributed by atoms with Crippen molar-refractivity contribution in [1.82, 2.24) is 0 Å². The van der Waals surface area contributed by atoms with Crippen LogP contribution in [0.5, 0.6) is 11.5 Å². The van der Waals surface area contributed by atoms with Crippen molar-refractivity contribution in [2.75, 3.05) is 53.1 Å². The normalized spacial score (nSPS) is 11.9. The van der Waals surface area contributed by atoms with Crippen LogP contribution < -0.4 is 20.1 Å². The molecule has 0 spiro atoms. The van der Waals surface area contributed by atoms with E-state index < -0.39 is 6.04 Å². The molecule has 1 aromatic rings. The second kappa shape index (κ2) is 9.24. The van der Waals surface area contributed by atoms with Gasteiger partial charge in [-0.1, -0.05) is 0 Å². The van der Waals surface area contributed by atoms with Gasteiger partial charge in [0.05, 0.1) is 27.4 Å². The number of carbonyl (C=O) groups is 1. The second-order valence-electron chi connectivity index (χ2n) is 4.58. The zero-order chi connectivity index (χ0) is 16.5. The summed E-state index contributed by atoms with van der Waals surface area (Å²) in [6.45, 7) is 0.914. The molecule has 0 aliphatic rings. The van der Waals surface area contributed by atoms with Crippen LogP contribution in [-0.4, -0.2) is 60.1 Å². The largest absolute Gasteiger partial charge is 0.493 e. The Morgan fingerprint density at radius 3 is 2.36 bits per heavy atom. The average Bonchev–Trinajstić information content (AvgIpc) is 2.54. The maximum Gasteiger partial charge on any atom is 0.246 e. The fraction of sp³-hybridized carbons (Fsp3) is 0.533. The number of nitrogens with zero attached hydrogens (tertiary/aromatic N) is 1. The number of hydrogen-bond donors (Lipinski definition) is 1. The molecule has 0 saturated carbocycles. The highest BCUT2D eigenvalue weighted by molar-refractivity contribution is 5.97. The molecule has 0 aliphatic carbocycles. The van der Waals surface area contributed by atoms with Gasteiger partial charge in [0.1, 0.15) is 6.04 Å². The lowest BCUT2D eigenvalue weighted by Gasteiger charge is -2.26.